The fraction of sp³-hybridized carbons (Fsp3) is 0.267. The van der Waals surface area contributed by atoms with Crippen molar-refractivity contribution in [3.8, 4) is 23.0 Å². The number of hydrogen-bond acceptors (Lipinski definition) is 10. The van der Waals surface area contributed by atoms with Crippen molar-refractivity contribution in [2.24, 2.45) is 17.2 Å². The Kier molecular flexibility index (Phi) is 13.1. The molecule has 42 heavy (non-hydrogen) atoms. The molecule has 4 rings (SSSR count). The first kappa shape index (κ1) is 33.4. The highest BCUT2D eigenvalue weighted by Crippen LogP contribution is 2.25. The number of carbonyl (C=O) groups is 2. The second kappa shape index (κ2) is 16.5. The molecule has 0 amide bonds. The number of aliphatic carboxylic acids is 1. The molecule has 3 aromatic carbocycles. The number of nitrogens with two attached hydrogens (primary N) is 3. The molecule has 0 radical (unpaired) electrons. The van der Waals surface area contributed by atoms with Gasteiger partial charge in [0.15, 0.2) is 11.5 Å². The third kappa shape index (κ3) is 10.7. The van der Waals surface area contributed by atoms with Crippen LogP contribution in [0.3, 0.4) is 0 Å². The third-order valence-corrected chi connectivity index (χ3v) is 5.96. The van der Waals surface area contributed by atoms with Crippen LogP contribution in [0.4, 0.5) is 0 Å². The number of esters is 1. The maximum absolute atomic E-state index is 11.2. The van der Waals surface area contributed by atoms with Crippen LogP contribution in [0.25, 0.3) is 10.9 Å². The zero-order valence-corrected chi connectivity index (χ0v) is 23.2. The molecule has 12 N–H and O–H groups in total. The number of phenolic OH excluding ortho intramolecular Hbond substituents is 4. The number of carboxylic acids is 1. The van der Waals surface area contributed by atoms with Crippen LogP contribution in [-0.4, -0.2) is 67.7 Å². The van der Waals surface area contributed by atoms with E-state index >= 15 is 0 Å². The first-order chi connectivity index (χ1) is 19.9. The van der Waals surface area contributed by atoms with Crippen molar-refractivity contribution in [1.82, 2.24) is 4.98 Å². The zero-order chi connectivity index (χ0) is 31.2. The number of carbonyl (C=O) groups excluding carboxylic acids is 1. The summed E-state index contributed by atoms with van der Waals surface area (Å²) >= 11 is 0. The van der Waals surface area contributed by atoms with Crippen molar-refractivity contribution in [2.75, 3.05) is 13.2 Å². The molecule has 0 aliphatic rings. The van der Waals surface area contributed by atoms with E-state index in [9.17, 15) is 14.7 Å². The Bertz CT molecular complexity index is 1440. The van der Waals surface area contributed by atoms with E-state index in [4.69, 9.17) is 42.4 Å². The minimum absolute atomic E-state index is 0.114. The van der Waals surface area contributed by atoms with Gasteiger partial charge in [-0.05, 0) is 91.9 Å². The number of fused-ring (bicyclic) bond motifs is 1. The van der Waals surface area contributed by atoms with Crippen molar-refractivity contribution in [2.45, 2.75) is 38.3 Å². The van der Waals surface area contributed by atoms with Gasteiger partial charge < -0.3 is 52.5 Å². The Labute approximate surface area is 243 Å². The Balaban J connectivity index is 0.000000220. The number of rotatable bonds is 9. The Hall–Kier alpha value is -4.78. The first-order valence-electron chi connectivity index (χ1n) is 13.1. The number of H-pyrrole nitrogens is 1. The standard InChI is InChI=1S/C11H15NO3.C10H12N2O.C9H11NO4/c1-2-15-11(14)10(12)7-8-3-5-9(13)6-4-8;11-4-3-7-6-12-10-2-1-8(13)5-9(7)10;10-6(9(13)14)3-5-1-2-7(11)8(12)4-5/h3-6,10,13H,2,7,12H2,1H3;1-2,5-6,12-13H,3-4,11H2;1-2,4,6,11-12H,3,10H2,(H,13,14)/t10-;;6-/m0.1/s1. The van der Waals surface area contributed by atoms with Gasteiger partial charge in [-0.3, -0.25) is 9.59 Å². The molecule has 0 saturated carbocycles. The van der Waals surface area contributed by atoms with Crippen LogP contribution in [0.5, 0.6) is 23.0 Å². The van der Waals surface area contributed by atoms with Gasteiger partial charge in [0.05, 0.1) is 6.61 Å². The van der Waals surface area contributed by atoms with Gasteiger partial charge in [-0.2, -0.15) is 0 Å². The van der Waals surface area contributed by atoms with Gasteiger partial charge in [0.1, 0.15) is 23.6 Å². The number of aromatic hydroxyl groups is 4. The highest BCUT2D eigenvalue weighted by atomic mass is 16.5. The number of benzene rings is 3. The monoisotopic (exact) mass is 582 g/mol. The summed E-state index contributed by atoms with van der Waals surface area (Å²) in [6, 6.07) is 14.3. The summed E-state index contributed by atoms with van der Waals surface area (Å²) < 4.78 is 4.79. The highest BCUT2D eigenvalue weighted by molar-refractivity contribution is 5.84. The first-order valence-corrected chi connectivity index (χ1v) is 13.1. The van der Waals surface area contributed by atoms with Gasteiger partial charge in [-0.15, -0.1) is 0 Å². The molecule has 2 atom stereocenters. The van der Waals surface area contributed by atoms with Crippen LogP contribution in [-0.2, 0) is 33.6 Å². The van der Waals surface area contributed by atoms with E-state index in [0.717, 1.165) is 28.5 Å². The number of aromatic amines is 1. The SMILES string of the molecule is CCOC(=O)[C@@H](N)Cc1ccc(O)cc1.NCCc1c[nH]c2ccc(O)cc12.N[C@H](Cc1ccc(O)c(O)c1)C(=O)O. The molecule has 0 bridgehead atoms. The lowest BCUT2D eigenvalue weighted by atomic mass is 10.1. The van der Waals surface area contributed by atoms with Gasteiger partial charge in [-0.1, -0.05) is 18.2 Å². The highest BCUT2D eigenvalue weighted by Gasteiger charge is 2.15. The van der Waals surface area contributed by atoms with Crippen LogP contribution < -0.4 is 17.2 Å². The number of hydrogen-bond donors (Lipinski definition) is 9. The summed E-state index contributed by atoms with van der Waals surface area (Å²) in [5, 5.41) is 46.1. The molecule has 0 saturated heterocycles. The smallest absolute Gasteiger partial charge is 0.323 e. The molecule has 0 spiro atoms. The lowest BCUT2D eigenvalue weighted by Crippen LogP contribution is -2.34. The number of aromatic nitrogens is 1. The number of carboxylic acid groups (broad SMARTS) is 1. The molecule has 0 aliphatic heterocycles. The fourth-order valence-electron chi connectivity index (χ4n) is 3.78. The topological polar surface area (TPSA) is 238 Å². The van der Waals surface area contributed by atoms with Crippen molar-refractivity contribution in [3.05, 3.63) is 83.6 Å². The maximum atomic E-state index is 11.2. The number of phenols is 4. The fourth-order valence-corrected chi connectivity index (χ4v) is 3.78. The second-order valence-corrected chi connectivity index (χ2v) is 9.28. The molecule has 0 aliphatic carbocycles. The van der Waals surface area contributed by atoms with Crippen molar-refractivity contribution >= 4 is 22.8 Å². The molecule has 0 unspecified atom stereocenters. The lowest BCUT2D eigenvalue weighted by Gasteiger charge is -2.10. The Morgan fingerprint density at radius 3 is 2.05 bits per heavy atom. The quantitative estimate of drug-likeness (QED) is 0.102. The average molecular weight is 583 g/mol. The molecular weight excluding hydrogens is 544 g/mol. The van der Waals surface area contributed by atoms with E-state index in [2.05, 4.69) is 4.98 Å². The zero-order valence-electron chi connectivity index (χ0n) is 23.2. The van der Waals surface area contributed by atoms with E-state index in [0.29, 0.717) is 30.9 Å². The van der Waals surface area contributed by atoms with Crippen molar-refractivity contribution < 1.29 is 39.9 Å². The van der Waals surface area contributed by atoms with Gasteiger partial charge in [0, 0.05) is 17.1 Å². The second-order valence-electron chi connectivity index (χ2n) is 9.28. The summed E-state index contributed by atoms with van der Waals surface area (Å²) in [6.07, 6.45) is 3.31. The van der Waals surface area contributed by atoms with Crippen LogP contribution in [0.1, 0.15) is 23.6 Å². The molecule has 226 valence electrons. The van der Waals surface area contributed by atoms with Crippen LogP contribution in [0, 0.1) is 0 Å². The van der Waals surface area contributed by atoms with Gasteiger partial charge >= 0.3 is 11.9 Å². The Morgan fingerprint density at radius 2 is 1.45 bits per heavy atom. The van der Waals surface area contributed by atoms with Crippen molar-refractivity contribution in [3.63, 3.8) is 0 Å². The van der Waals surface area contributed by atoms with E-state index < -0.39 is 24.0 Å². The number of ether oxygens (including phenoxy) is 1. The third-order valence-electron chi connectivity index (χ3n) is 5.96. The summed E-state index contributed by atoms with van der Waals surface area (Å²) in [5.41, 5.74) is 20.1. The molecule has 4 aromatic rings. The van der Waals surface area contributed by atoms with Crippen molar-refractivity contribution in [1.29, 1.82) is 0 Å². The molecule has 12 heteroatoms. The van der Waals surface area contributed by atoms with E-state index in [1.165, 1.54) is 18.2 Å². The maximum Gasteiger partial charge on any atom is 0.323 e. The van der Waals surface area contributed by atoms with Crippen LogP contribution >= 0.6 is 0 Å². The molecule has 1 heterocycles. The molecule has 0 fully saturated rings. The minimum atomic E-state index is -1.10. The van der Waals surface area contributed by atoms with Gasteiger partial charge in [-0.25, -0.2) is 0 Å². The summed E-state index contributed by atoms with van der Waals surface area (Å²) in [6.45, 7) is 2.70. The largest absolute Gasteiger partial charge is 0.508 e. The molecule has 12 nitrogen and oxygen atoms in total. The summed E-state index contributed by atoms with van der Waals surface area (Å²) in [4.78, 5) is 24.8. The lowest BCUT2D eigenvalue weighted by molar-refractivity contribution is -0.144. The van der Waals surface area contributed by atoms with Crippen LogP contribution in [0.15, 0.2) is 66.9 Å². The van der Waals surface area contributed by atoms with E-state index in [-0.39, 0.29) is 23.7 Å². The predicted octanol–water partition coefficient (Wildman–Crippen LogP) is 2.25. The number of nitrogens with one attached hydrogen (secondary N) is 1. The Morgan fingerprint density at radius 1 is 0.833 bits per heavy atom. The van der Waals surface area contributed by atoms with E-state index in [1.54, 1.807) is 43.3 Å². The normalized spacial score (nSPS) is 11.8. The van der Waals surface area contributed by atoms with Crippen LogP contribution in [0.2, 0.25) is 0 Å². The van der Waals surface area contributed by atoms with Gasteiger partial charge in [0.25, 0.3) is 0 Å². The predicted molar refractivity (Wildman–Crippen MR) is 158 cm³/mol. The molecule has 1 aromatic heterocycles. The molecular formula is C30H38N4O8. The van der Waals surface area contributed by atoms with Gasteiger partial charge in [0.2, 0.25) is 0 Å². The van der Waals surface area contributed by atoms with E-state index in [1.807, 2.05) is 12.3 Å². The summed E-state index contributed by atoms with van der Waals surface area (Å²) in [5.74, 6) is -1.52. The summed E-state index contributed by atoms with van der Waals surface area (Å²) in [7, 11) is 0. The minimum Gasteiger partial charge on any atom is -0.508 e. The average Bonchev–Trinajstić information content (AvgIpc) is 3.34.